The molecule has 0 aromatic carbocycles. The van der Waals surface area contributed by atoms with Gasteiger partial charge in [0.05, 0.1) is 12.7 Å². The lowest BCUT2D eigenvalue weighted by Gasteiger charge is -2.22. The second-order valence-corrected chi connectivity index (χ2v) is 4.26. The molecule has 1 aromatic rings. The summed E-state index contributed by atoms with van der Waals surface area (Å²) in [6.07, 6.45) is -6.32. The molecule has 1 aromatic heterocycles. The summed E-state index contributed by atoms with van der Waals surface area (Å²) in [5.74, 6) is -1.95. The molecule has 1 fully saturated rings. The Bertz CT molecular complexity index is 517. The maximum Gasteiger partial charge on any atom is 0.396 e. The Hall–Kier alpha value is -1.61. The van der Waals surface area contributed by atoms with Crippen LogP contribution in [0.25, 0.3) is 0 Å². The van der Waals surface area contributed by atoms with E-state index in [1.54, 1.807) is 0 Å². The Morgan fingerprint density at radius 1 is 1.58 bits per heavy atom. The summed E-state index contributed by atoms with van der Waals surface area (Å²) in [6, 6.07) is 1.21. The van der Waals surface area contributed by atoms with Gasteiger partial charge in [0.25, 0.3) is 0 Å². The van der Waals surface area contributed by atoms with Crippen molar-refractivity contribution >= 4 is 5.82 Å². The van der Waals surface area contributed by atoms with Crippen LogP contribution in [0.4, 0.5) is 19.0 Å². The highest BCUT2D eigenvalue weighted by Crippen LogP contribution is 2.44. The van der Waals surface area contributed by atoms with Crippen molar-refractivity contribution in [1.29, 1.82) is 0 Å². The fraction of sp³-hybridized carbons (Fsp3) is 0.600. The van der Waals surface area contributed by atoms with E-state index in [1.165, 1.54) is 6.07 Å². The number of nitrogens with zero attached hydrogens (tertiary/aromatic N) is 2. The van der Waals surface area contributed by atoms with Crippen LogP contribution in [0, 0.1) is 5.92 Å². The molecule has 0 bridgehead atoms. The zero-order chi connectivity index (χ0) is 14.2. The van der Waals surface area contributed by atoms with Gasteiger partial charge in [-0.2, -0.15) is 18.2 Å². The smallest absolute Gasteiger partial charge is 0.394 e. The number of hydrogen-bond acceptors (Lipinski definition) is 5. The molecule has 9 heteroatoms. The van der Waals surface area contributed by atoms with Gasteiger partial charge in [0, 0.05) is 6.20 Å². The predicted octanol–water partition coefficient (Wildman–Crippen LogP) is 0.284. The molecular weight excluding hydrogens is 267 g/mol. The number of alkyl halides is 3. The van der Waals surface area contributed by atoms with Crippen LogP contribution < -0.4 is 11.4 Å². The van der Waals surface area contributed by atoms with Gasteiger partial charge >= 0.3 is 11.9 Å². The third-order valence-corrected chi connectivity index (χ3v) is 2.94. The number of ether oxygens (including phenoxy) is 1. The molecule has 1 aliphatic heterocycles. The molecule has 1 aliphatic rings. The molecule has 3 N–H and O–H groups in total. The van der Waals surface area contributed by atoms with Gasteiger partial charge in [-0.1, -0.05) is 0 Å². The van der Waals surface area contributed by atoms with Crippen molar-refractivity contribution in [2.24, 2.45) is 5.92 Å². The van der Waals surface area contributed by atoms with Gasteiger partial charge in [0.15, 0.2) is 0 Å². The third kappa shape index (κ3) is 2.71. The molecule has 2 heterocycles. The first-order chi connectivity index (χ1) is 8.82. The van der Waals surface area contributed by atoms with Gasteiger partial charge in [0.2, 0.25) is 0 Å². The molecule has 1 saturated heterocycles. The molecule has 0 amide bonds. The first kappa shape index (κ1) is 13.8. The van der Waals surface area contributed by atoms with Gasteiger partial charge in [-0.05, 0) is 12.5 Å². The van der Waals surface area contributed by atoms with Gasteiger partial charge < -0.3 is 15.6 Å². The van der Waals surface area contributed by atoms with Crippen molar-refractivity contribution in [3.05, 3.63) is 22.7 Å². The maximum absolute atomic E-state index is 12.9. The van der Waals surface area contributed by atoms with E-state index in [-0.39, 0.29) is 5.82 Å². The fourth-order valence-corrected chi connectivity index (χ4v) is 2.04. The second kappa shape index (κ2) is 4.82. The average Bonchev–Trinajstić information content (AvgIpc) is 2.72. The topological polar surface area (TPSA) is 90.4 Å². The van der Waals surface area contributed by atoms with E-state index in [0.29, 0.717) is 0 Å². The molecule has 0 radical (unpaired) electrons. The molecule has 0 spiro atoms. The predicted molar refractivity (Wildman–Crippen MR) is 58.1 cm³/mol. The molecule has 19 heavy (non-hydrogen) atoms. The number of halogens is 3. The number of aliphatic hydroxyl groups excluding tert-OH is 1. The van der Waals surface area contributed by atoms with Gasteiger partial charge in [-0.15, -0.1) is 0 Å². The summed E-state index contributed by atoms with van der Waals surface area (Å²) in [6.45, 7) is -0.541. The largest absolute Gasteiger partial charge is 0.396 e. The summed E-state index contributed by atoms with van der Waals surface area (Å²) in [5.41, 5.74) is 4.35. The minimum absolute atomic E-state index is 0.0819. The van der Waals surface area contributed by atoms with Crippen LogP contribution in [-0.4, -0.2) is 33.5 Å². The highest BCUT2D eigenvalue weighted by Gasteiger charge is 2.52. The van der Waals surface area contributed by atoms with E-state index in [0.717, 1.165) is 10.8 Å². The average molecular weight is 279 g/mol. The highest BCUT2D eigenvalue weighted by atomic mass is 19.4. The quantitative estimate of drug-likeness (QED) is 0.811. The minimum Gasteiger partial charge on any atom is -0.394 e. The normalized spacial score (nSPS) is 27.7. The van der Waals surface area contributed by atoms with Gasteiger partial charge in [0.1, 0.15) is 18.0 Å². The highest BCUT2D eigenvalue weighted by molar-refractivity contribution is 5.23. The number of aromatic nitrogens is 2. The summed E-state index contributed by atoms with van der Waals surface area (Å²) in [5, 5.41) is 8.91. The molecule has 0 unspecified atom stereocenters. The zero-order valence-corrected chi connectivity index (χ0v) is 9.67. The Morgan fingerprint density at radius 3 is 2.79 bits per heavy atom. The first-order valence-corrected chi connectivity index (χ1v) is 5.50. The summed E-state index contributed by atoms with van der Waals surface area (Å²) in [7, 11) is 0. The lowest BCUT2D eigenvalue weighted by Crippen LogP contribution is -2.35. The number of nitrogens with two attached hydrogens (primary N) is 1. The lowest BCUT2D eigenvalue weighted by atomic mass is 10.0. The van der Waals surface area contributed by atoms with Crippen LogP contribution >= 0.6 is 0 Å². The summed E-state index contributed by atoms with van der Waals surface area (Å²) < 4.78 is 44.5. The van der Waals surface area contributed by atoms with Crippen molar-refractivity contribution in [3.63, 3.8) is 0 Å². The van der Waals surface area contributed by atoms with Crippen molar-refractivity contribution < 1.29 is 23.0 Å². The standard InChI is InChI=1S/C10H12F3N3O3/c11-10(12,13)6-3-5(4-17)19-8(6)16-2-1-7(14)15-9(16)18/h1-2,5-6,8,17H,3-4H2,(H2,14,15,18)/t5-,6+,8-/m0/s1. The molecule has 3 atom stereocenters. The van der Waals surface area contributed by atoms with Crippen LogP contribution in [0.1, 0.15) is 12.6 Å². The number of aliphatic hydroxyl groups is 1. The molecular formula is C10H12F3N3O3. The zero-order valence-electron chi connectivity index (χ0n) is 9.67. The monoisotopic (exact) mass is 279 g/mol. The number of hydrogen-bond donors (Lipinski definition) is 2. The first-order valence-electron chi connectivity index (χ1n) is 5.50. The third-order valence-electron chi connectivity index (χ3n) is 2.94. The molecule has 6 nitrogen and oxygen atoms in total. The van der Waals surface area contributed by atoms with Crippen LogP contribution in [0.2, 0.25) is 0 Å². The van der Waals surface area contributed by atoms with E-state index in [4.69, 9.17) is 15.6 Å². The Balaban J connectivity index is 2.38. The molecule has 2 rings (SSSR count). The fourth-order valence-electron chi connectivity index (χ4n) is 2.04. The van der Waals surface area contributed by atoms with Crippen molar-refractivity contribution in [3.8, 4) is 0 Å². The minimum atomic E-state index is -4.53. The SMILES string of the molecule is Nc1ccn([C@H]2O[C@H](CO)C[C@H]2C(F)(F)F)c(=O)n1. The van der Waals surface area contributed by atoms with Gasteiger partial charge in [-0.3, -0.25) is 4.57 Å². The Labute approximate surface area is 105 Å². The molecule has 0 aliphatic carbocycles. The Morgan fingerprint density at radius 2 is 2.26 bits per heavy atom. The van der Waals surface area contributed by atoms with E-state index >= 15 is 0 Å². The van der Waals surface area contributed by atoms with E-state index < -0.39 is 43.1 Å². The van der Waals surface area contributed by atoms with E-state index in [2.05, 4.69) is 4.98 Å². The number of nitrogen functional groups attached to an aromatic ring is 1. The van der Waals surface area contributed by atoms with Crippen LogP contribution in [0.5, 0.6) is 0 Å². The van der Waals surface area contributed by atoms with Crippen molar-refractivity contribution in [2.75, 3.05) is 12.3 Å². The number of rotatable bonds is 2. The summed E-state index contributed by atoms with van der Waals surface area (Å²) >= 11 is 0. The summed E-state index contributed by atoms with van der Waals surface area (Å²) in [4.78, 5) is 14.9. The second-order valence-electron chi connectivity index (χ2n) is 4.26. The van der Waals surface area contributed by atoms with Crippen LogP contribution in [-0.2, 0) is 4.74 Å². The maximum atomic E-state index is 12.9. The van der Waals surface area contributed by atoms with Crippen LogP contribution in [0.15, 0.2) is 17.1 Å². The van der Waals surface area contributed by atoms with Crippen molar-refractivity contribution in [2.45, 2.75) is 24.9 Å². The van der Waals surface area contributed by atoms with Crippen molar-refractivity contribution in [1.82, 2.24) is 9.55 Å². The van der Waals surface area contributed by atoms with Crippen LogP contribution in [0.3, 0.4) is 0 Å². The lowest BCUT2D eigenvalue weighted by molar-refractivity contribution is -0.198. The van der Waals surface area contributed by atoms with E-state index in [1.807, 2.05) is 0 Å². The van der Waals surface area contributed by atoms with E-state index in [9.17, 15) is 18.0 Å². The van der Waals surface area contributed by atoms with Gasteiger partial charge in [-0.25, -0.2) is 4.79 Å². The molecule has 0 saturated carbocycles. The number of anilines is 1. The Kier molecular flexibility index (Phi) is 3.50. The molecule has 106 valence electrons.